The van der Waals surface area contributed by atoms with Crippen molar-refractivity contribution in [2.75, 3.05) is 25.6 Å². The first kappa shape index (κ1) is 16.9. The lowest BCUT2D eigenvalue weighted by Crippen LogP contribution is -2.33. The van der Waals surface area contributed by atoms with Gasteiger partial charge in [-0.15, -0.1) is 0 Å². The molecule has 1 amide bonds. The number of anilines is 1. The van der Waals surface area contributed by atoms with Crippen molar-refractivity contribution in [3.8, 4) is 0 Å². The number of nitrogens with zero attached hydrogens (tertiary/aromatic N) is 3. The van der Waals surface area contributed by atoms with Crippen LogP contribution in [0.25, 0.3) is 0 Å². The molecular formula is C17H22N4O2S. The molecule has 0 radical (unpaired) electrons. The standard InChI is InChI=1S/C17H22N4O2S/c1-12-3-5-13(6-4-12)11-21-9-7-14(16(21)22)18-17-19-15(20-24-17)8-10-23-2/h3-6,14H,7-11H2,1-2H3,(H,18,19,20). The first-order valence-electron chi connectivity index (χ1n) is 8.08. The summed E-state index contributed by atoms with van der Waals surface area (Å²) in [6.45, 7) is 4.09. The van der Waals surface area contributed by atoms with Crippen LogP contribution in [-0.2, 0) is 22.5 Å². The minimum absolute atomic E-state index is 0.129. The van der Waals surface area contributed by atoms with Crippen LogP contribution < -0.4 is 5.32 Å². The number of rotatable bonds is 7. The zero-order chi connectivity index (χ0) is 16.9. The van der Waals surface area contributed by atoms with Crippen molar-refractivity contribution in [2.24, 2.45) is 0 Å². The molecule has 6 nitrogen and oxygen atoms in total. The van der Waals surface area contributed by atoms with Crippen molar-refractivity contribution in [1.29, 1.82) is 0 Å². The number of methoxy groups -OCH3 is 1. The Balaban J connectivity index is 1.55. The smallest absolute Gasteiger partial charge is 0.245 e. The lowest BCUT2D eigenvalue weighted by atomic mass is 10.1. The fourth-order valence-corrected chi connectivity index (χ4v) is 3.37. The first-order valence-corrected chi connectivity index (χ1v) is 8.85. The van der Waals surface area contributed by atoms with E-state index < -0.39 is 0 Å². The second-order valence-corrected chi connectivity index (χ2v) is 6.74. The summed E-state index contributed by atoms with van der Waals surface area (Å²) in [5, 5.41) is 3.93. The number of hydrogen-bond donors (Lipinski definition) is 1. The van der Waals surface area contributed by atoms with E-state index in [1.807, 2.05) is 4.90 Å². The molecular weight excluding hydrogens is 324 g/mol. The normalized spacial score (nSPS) is 17.5. The van der Waals surface area contributed by atoms with Crippen molar-refractivity contribution < 1.29 is 9.53 Å². The van der Waals surface area contributed by atoms with Gasteiger partial charge in [-0.1, -0.05) is 29.8 Å². The van der Waals surface area contributed by atoms with Crippen LogP contribution in [0, 0.1) is 6.92 Å². The maximum atomic E-state index is 12.6. The summed E-state index contributed by atoms with van der Waals surface area (Å²) in [5.41, 5.74) is 2.39. The zero-order valence-corrected chi connectivity index (χ0v) is 14.8. The molecule has 2 aromatic rings. The average Bonchev–Trinajstić information content (AvgIpc) is 3.17. The van der Waals surface area contributed by atoms with E-state index in [0.29, 0.717) is 24.7 Å². The molecule has 1 aromatic heterocycles. The fraction of sp³-hybridized carbons (Fsp3) is 0.471. The van der Waals surface area contributed by atoms with Crippen LogP contribution in [-0.4, -0.2) is 46.5 Å². The highest BCUT2D eigenvalue weighted by atomic mass is 32.1. The Kier molecular flexibility index (Phi) is 5.42. The summed E-state index contributed by atoms with van der Waals surface area (Å²) in [7, 11) is 1.66. The number of carbonyl (C=O) groups is 1. The number of aromatic nitrogens is 2. The van der Waals surface area contributed by atoms with Crippen LogP contribution in [0.5, 0.6) is 0 Å². The van der Waals surface area contributed by atoms with Gasteiger partial charge in [0.25, 0.3) is 0 Å². The number of nitrogens with one attached hydrogen (secondary N) is 1. The van der Waals surface area contributed by atoms with Crippen molar-refractivity contribution in [3.05, 3.63) is 41.2 Å². The second-order valence-electron chi connectivity index (χ2n) is 5.99. The zero-order valence-electron chi connectivity index (χ0n) is 14.0. The van der Waals surface area contributed by atoms with E-state index in [-0.39, 0.29) is 11.9 Å². The van der Waals surface area contributed by atoms with Gasteiger partial charge in [-0.25, -0.2) is 4.98 Å². The Labute approximate surface area is 146 Å². The van der Waals surface area contributed by atoms with E-state index in [2.05, 4.69) is 45.9 Å². The summed E-state index contributed by atoms with van der Waals surface area (Å²) < 4.78 is 9.31. The summed E-state index contributed by atoms with van der Waals surface area (Å²) >= 11 is 1.30. The molecule has 0 aliphatic carbocycles. The van der Waals surface area contributed by atoms with Gasteiger partial charge in [0, 0.05) is 38.2 Å². The van der Waals surface area contributed by atoms with Crippen LogP contribution >= 0.6 is 11.5 Å². The van der Waals surface area contributed by atoms with E-state index in [4.69, 9.17) is 4.74 Å². The molecule has 3 rings (SSSR count). The number of ether oxygens (including phenoxy) is 1. The molecule has 1 fully saturated rings. The predicted molar refractivity (Wildman–Crippen MR) is 94.1 cm³/mol. The highest BCUT2D eigenvalue weighted by Gasteiger charge is 2.32. The van der Waals surface area contributed by atoms with Crippen molar-refractivity contribution in [3.63, 3.8) is 0 Å². The maximum Gasteiger partial charge on any atom is 0.245 e. The highest BCUT2D eigenvalue weighted by Crippen LogP contribution is 2.20. The molecule has 1 unspecified atom stereocenters. The summed E-state index contributed by atoms with van der Waals surface area (Å²) in [4.78, 5) is 18.9. The van der Waals surface area contributed by atoms with E-state index in [1.54, 1.807) is 7.11 Å². The summed E-state index contributed by atoms with van der Waals surface area (Å²) in [6.07, 6.45) is 1.48. The van der Waals surface area contributed by atoms with Gasteiger partial charge in [0.05, 0.1) is 6.61 Å². The third-order valence-electron chi connectivity index (χ3n) is 4.09. The van der Waals surface area contributed by atoms with Crippen molar-refractivity contribution in [2.45, 2.75) is 32.4 Å². The van der Waals surface area contributed by atoms with Gasteiger partial charge in [0.2, 0.25) is 11.0 Å². The molecule has 0 bridgehead atoms. The van der Waals surface area contributed by atoms with E-state index in [9.17, 15) is 4.79 Å². The molecule has 0 saturated carbocycles. The van der Waals surface area contributed by atoms with E-state index in [0.717, 1.165) is 24.4 Å². The summed E-state index contributed by atoms with van der Waals surface area (Å²) in [5.74, 6) is 0.885. The van der Waals surface area contributed by atoms with Crippen LogP contribution in [0.1, 0.15) is 23.4 Å². The van der Waals surface area contributed by atoms with Crippen LogP contribution in [0.4, 0.5) is 5.13 Å². The molecule has 24 heavy (non-hydrogen) atoms. The number of carbonyl (C=O) groups excluding carboxylic acids is 1. The topological polar surface area (TPSA) is 67.3 Å². The molecule has 128 valence electrons. The largest absolute Gasteiger partial charge is 0.384 e. The van der Waals surface area contributed by atoms with Gasteiger partial charge >= 0.3 is 0 Å². The summed E-state index contributed by atoms with van der Waals surface area (Å²) in [6, 6.07) is 8.11. The van der Waals surface area contributed by atoms with E-state index >= 15 is 0 Å². The molecule has 1 aromatic carbocycles. The van der Waals surface area contributed by atoms with E-state index in [1.165, 1.54) is 17.1 Å². The fourth-order valence-electron chi connectivity index (χ4n) is 2.70. The monoisotopic (exact) mass is 346 g/mol. The maximum absolute atomic E-state index is 12.6. The number of hydrogen-bond acceptors (Lipinski definition) is 6. The Bertz CT molecular complexity index is 686. The molecule has 1 N–H and O–H groups in total. The van der Waals surface area contributed by atoms with Crippen molar-refractivity contribution >= 4 is 22.6 Å². The number of aryl methyl sites for hydroxylation is 1. The van der Waals surface area contributed by atoms with Crippen LogP contribution in [0.2, 0.25) is 0 Å². The minimum atomic E-state index is -0.210. The first-order chi connectivity index (χ1) is 11.7. The van der Waals surface area contributed by atoms with Gasteiger partial charge in [-0.05, 0) is 18.9 Å². The molecule has 7 heteroatoms. The third kappa shape index (κ3) is 4.10. The van der Waals surface area contributed by atoms with Gasteiger partial charge in [0.1, 0.15) is 11.9 Å². The molecule has 1 aliphatic heterocycles. The number of likely N-dealkylation sites (tertiary alicyclic amines) is 1. The van der Waals surface area contributed by atoms with Crippen LogP contribution in [0.15, 0.2) is 24.3 Å². The quantitative estimate of drug-likeness (QED) is 0.833. The molecule has 1 saturated heterocycles. The number of amides is 1. The lowest BCUT2D eigenvalue weighted by Gasteiger charge is -2.17. The third-order valence-corrected chi connectivity index (χ3v) is 4.77. The van der Waals surface area contributed by atoms with Gasteiger partial charge in [-0.2, -0.15) is 4.37 Å². The van der Waals surface area contributed by atoms with Crippen molar-refractivity contribution in [1.82, 2.24) is 14.3 Å². The van der Waals surface area contributed by atoms with Gasteiger partial charge in [0.15, 0.2) is 0 Å². The highest BCUT2D eigenvalue weighted by molar-refractivity contribution is 7.09. The lowest BCUT2D eigenvalue weighted by molar-refractivity contribution is -0.128. The molecule has 1 aliphatic rings. The number of benzene rings is 1. The molecule has 2 heterocycles. The average molecular weight is 346 g/mol. The predicted octanol–water partition coefficient (Wildman–Crippen LogP) is 2.25. The minimum Gasteiger partial charge on any atom is -0.384 e. The Morgan fingerprint density at radius 1 is 1.38 bits per heavy atom. The SMILES string of the molecule is COCCc1nsc(NC2CCN(Cc3ccc(C)cc3)C2=O)n1. The Morgan fingerprint density at radius 3 is 2.92 bits per heavy atom. The second kappa shape index (κ2) is 7.72. The van der Waals surface area contributed by atoms with Gasteiger partial charge < -0.3 is 15.0 Å². The molecule has 1 atom stereocenters. The van der Waals surface area contributed by atoms with Gasteiger partial charge in [-0.3, -0.25) is 4.79 Å². The Morgan fingerprint density at radius 2 is 2.17 bits per heavy atom. The van der Waals surface area contributed by atoms with Crippen LogP contribution in [0.3, 0.4) is 0 Å². The molecule has 0 spiro atoms. The Hall–Kier alpha value is -1.99.